The SMILES string of the molecule is CCC[C@@H]1C=C[C@H]2[C@H](C(=O)N(CCCCCO)[C@@H]2C(=O)NCCN2CCOCC2)[C@@H]1C(=O)OCC. The molecule has 3 aliphatic rings. The summed E-state index contributed by atoms with van der Waals surface area (Å²) < 4.78 is 10.8. The Hall–Kier alpha value is -1.97. The minimum absolute atomic E-state index is 0.0661. The molecule has 0 aromatic carbocycles. The second-order valence-corrected chi connectivity index (χ2v) is 9.72. The Labute approximate surface area is 209 Å². The monoisotopic (exact) mass is 493 g/mol. The molecule has 2 saturated heterocycles. The second-order valence-electron chi connectivity index (χ2n) is 9.72. The summed E-state index contributed by atoms with van der Waals surface area (Å²) in [5.74, 6) is -2.20. The highest BCUT2D eigenvalue weighted by molar-refractivity contribution is 5.96. The van der Waals surface area contributed by atoms with E-state index in [9.17, 15) is 14.4 Å². The van der Waals surface area contributed by atoms with Crippen molar-refractivity contribution in [3.63, 3.8) is 0 Å². The van der Waals surface area contributed by atoms with Crippen molar-refractivity contribution in [2.75, 3.05) is 59.2 Å². The molecule has 2 heterocycles. The summed E-state index contributed by atoms with van der Waals surface area (Å²) >= 11 is 0. The Morgan fingerprint density at radius 1 is 1.14 bits per heavy atom. The smallest absolute Gasteiger partial charge is 0.310 e. The van der Waals surface area contributed by atoms with Crippen LogP contribution in [0.4, 0.5) is 0 Å². The normalized spacial score (nSPS) is 28.7. The van der Waals surface area contributed by atoms with E-state index in [1.807, 2.05) is 12.2 Å². The third-order valence-electron chi connectivity index (χ3n) is 7.45. The zero-order valence-electron chi connectivity index (χ0n) is 21.3. The highest BCUT2D eigenvalue weighted by Crippen LogP contribution is 2.45. The number of unbranched alkanes of at least 4 members (excludes halogenated alkanes) is 2. The number of allylic oxidation sites excluding steroid dienone is 1. The molecule has 2 aliphatic heterocycles. The summed E-state index contributed by atoms with van der Waals surface area (Å²) in [6, 6.07) is -0.637. The summed E-state index contributed by atoms with van der Waals surface area (Å²) in [6.45, 7) is 9.00. The number of esters is 1. The van der Waals surface area contributed by atoms with Crippen molar-refractivity contribution in [2.24, 2.45) is 23.7 Å². The highest BCUT2D eigenvalue weighted by atomic mass is 16.5. The van der Waals surface area contributed by atoms with Crippen molar-refractivity contribution in [1.82, 2.24) is 15.1 Å². The van der Waals surface area contributed by atoms with E-state index in [0.29, 0.717) is 39.1 Å². The van der Waals surface area contributed by atoms with Gasteiger partial charge in [0.15, 0.2) is 0 Å². The zero-order valence-corrected chi connectivity index (χ0v) is 21.3. The first-order valence-corrected chi connectivity index (χ1v) is 13.4. The summed E-state index contributed by atoms with van der Waals surface area (Å²) in [6.07, 6.45) is 7.86. The predicted octanol–water partition coefficient (Wildman–Crippen LogP) is 1.21. The van der Waals surface area contributed by atoms with Gasteiger partial charge in [-0.15, -0.1) is 0 Å². The standard InChI is InChI=1S/C26H43N3O6/c1-3-8-19-9-10-20-22(21(19)26(33)35-4-2)25(32)29(12-6-5-7-16-30)23(20)24(31)27-11-13-28-14-17-34-18-15-28/h9-10,19-23,30H,3-8,11-18H2,1-2H3,(H,27,31)/t19-,20+,21-,22+,23+/m1/s1. The van der Waals surface area contributed by atoms with Crippen LogP contribution in [-0.2, 0) is 23.9 Å². The van der Waals surface area contributed by atoms with Crippen LogP contribution in [0.25, 0.3) is 0 Å². The lowest BCUT2D eigenvalue weighted by Gasteiger charge is -2.34. The number of carbonyl (C=O) groups excluding carboxylic acids is 3. The fourth-order valence-electron chi connectivity index (χ4n) is 5.74. The van der Waals surface area contributed by atoms with Crippen LogP contribution in [0.3, 0.4) is 0 Å². The lowest BCUT2D eigenvalue weighted by Crippen LogP contribution is -2.49. The van der Waals surface area contributed by atoms with Gasteiger partial charge in [0, 0.05) is 45.2 Å². The quantitative estimate of drug-likeness (QED) is 0.226. The van der Waals surface area contributed by atoms with Crippen LogP contribution in [0.15, 0.2) is 12.2 Å². The first-order chi connectivity index (χ1) is 17.0. The molecule has 9 nitrogen and oxygen atoms in total. The number of rotatable bonds is 13. The maximum absolute atomic E-state index is 13.7. The molecule has 3 rings (SSSR count). The van der Waals surface area contributed by atoms with Crippen molar-refractivity contribution < 1.29 is 29.0 Å². The number of carbonyl (C=O) groups is 3. The molecule has 0 unspecified atom stereocenters. The van der Waals surface area contributed by atoms with Crippen molar-refractivity contribution in [1.29, 1.82) is 0 Å². The lowest BCUT2D eigenvalue weighted by molar-refractivity contribution is -0.155. The average Bonchev–Trinajstić information content (AvgIpc) is 3.14. The van der Waals surface area contributed by atoms with E-state index in [1.54, 1.807) is 11.8 Å². The van der Waals surface area contributed by atoms with Gasteiger partial charge in [0.25, 0.3) is 0 Å². The van der Waals surface area contributed by atoms with Gasteiger partial charge in [-0.05, 0) is 38.5 Å². The van der Waals surface area contributed by atoms with Crippen LogP contribution in [0.2, 0.25) is 0 Å². The molecule has 2 N–H and O–H groups in total. The second kappa shape index (κ2) is 13.9. The van der Waals surface area contributed by atoms with Gasteiger partial charge >= 0.3 is 5.97 Å². The number of nitrogens with zero attached hydrogens (tertiary/aromatic N) is 2. The molecule has 0 saturated carbocycles. The zero-order chi connectivity index (χ0) is 25.2. The number of hydrogen-bond acceptors (Lipinski definition) is 7. The highest BCUT2D eigenvalue weighted by Gasteiger charge is 2.57. The Morgan fingerprint density at radius 3 is 2.60 bits per heavy atom. The number of aliphatic hydroxyl groups is 1. The maximum Gasteiger partial charge on any atom is 0.310 e. The number of likely N-dealkylation sites (tertiary alicyclic amines) is 1. The third-order valence-corrected chi connectivity index (χ3v) is 7.45. The first kappa shape index (κ1) is 27.6. The third kappa shape index (κ3) is 6.83. The minimum atomic E-state index is -0.637. The molecule has 0 radical (unpaired) electrons. The molecule has 5 atom stereocenters. The first-order valence-electron chi connectivity index (χ1n) is 13.4. The van der Waals surface area contributed by atoms with Gasteiger partial charge in [-0.2, -0.15) is 0 Å². The van der Waals surface area contributed by atoms with Gasteiger partial charge in [-0.3, -0.25) is 19.3 Å². The van der Waals surface area contributed by atoms with E-state index in [1.165, 1.54) is 0 Å². The van der Waals surface area contributed by atoms with E-state index in [4.69, 9.17) is 14.6 Å². The predicted molar refractivity (Wildman–Crippen MR) is 131 cm³/mol. The van der Waals surface area contributed by atoms with Crippen molar-refractivity contribution >= 4 is 17.8 Å². The van der Waals surface area contributed by atoms with E-state index in [0.717, 1.165) is 38.9 Å². The van der Waals surface area contributed by atoms with Crippen molar-refractivity contribution in [3.8, 4) is 0 Å². The molecule has 198 valence electrons. The number of aliphatic hydroxyl groups excluding tert-OH is 1. The van der Waals surface area contributed by atoms with Crippen molar-refractivity contribution in [2.45, 2.75) is 52.0 Å². The molecule has 1 aliphatic carbocycles. The summed E-state index contributed by atoms with van der Waals surface area (Å²) in [4.78, 5) is 44.2. The Kier molecular flexibility index (Phi) is 11.0. The summed E-state index contributed by atoms with van der Waals surface area (Å²) in [7, 11) is 0. The Morgan fingerprint density at radius 2 is 1.91 bits per heavy atom. The van der Waals surface area contributed by atoms with Crippen LogP contribution >= 0.6 is 0 Å². The molecule has 35 heavy (non-hydrogen) atoms. The number of amides is 2. The molecule has 0 aromatic rings. The average molecular weight is 494 g/mol. The van der Waals surface area contributed by atoms with Gasteiger partial charge in [0.05, 0.1) is 31.7 Å². The summed E-state index contributed by atoms with van der Waals surface area (Å²) in [5.41, 5.74) is 0. The van der Waals surface area contributed by atoms with Crippen LogP contribution in [-0.4, -0.2) is 97.9 Å². The fraction of sp³-hybridized carbons (Fsp3) is 0.808. The minimum Gasteiger partial charge on any atom is -0.466 e. The van der Waals surface area contributed by atoms with Gasteiger partial charge in [0.1, 0.15) is 6.04 Å². The topological polar surface area (TPSA) is 108 Å². The van der Waals surface area contributed by atoms with Crippen LogP contribution in [0.5, 0.6) is 0 Å². The molecule has 0 aromatic heterocycles. The number of morpholine rings is 1. The molecule has 0 bridgehead atoms. The molecular formula is C26H43N3O6. The summed E-state index contributed by atoms with van der Waals surface area (Å²) in [5, 5.41) is 12.2. The van der Waals surface area contributed by atoms with Gasteiger partial charge in [0.2, 0.25) is 11.8 Å². The van der Waals surface area contributed by atoms with Crippen LogP contribution < -0.4 is 5.32 Å². The molecule has 2 amide bonds. The number of ether oxygens (including phenoxy) is 2. The van der Waals surface area contributed by atoms with E-state index < -0.39 is 17.9 Å². The Balaban J connectivity index is 1.78. The van der Waals surface area contributed by atoms with Crippen LogP contribution in [0.1, 0.15) is 46.0 Å². The molecular weight excluding hydrogens is 450 g/mol. The van der Waals surface area contributed by atoms with Gasteiger partial charge in [-0.25, -0.2) is 0 Å². The Bertz CT molecular complexity index is 739. The molecule has 9 heteroatoms. The van der Waals surface area contributed by atoms with Gasteiger partial charge < -0.3 is 24.8 Å². The van der Waals surface area contributed by atoms with E-state index in [2.05, 4.69) is 17.1 Å². The molecule has 0 spiro atoms. The van der Waals surface area contributed by atoms with E-state index >= 15 is 0 Å². The number of hydrogen-bond donors (Lipinski definition) is 2. The van der Waals surface area contributed by atoms with Crippen LogP contribution in [0, 0.1) is 23.7 Å². The lowest BCUT2D eigenvalue weighted by atomic mass is 9.69. The molecule has 2 fully saturated rings. The number of nitrogens with one attached hydrogen (secondary N) is 1. The fourth-order valence-corrected chi connectivity index (χ4v) is 5.74. The number of fused-ring (bicyclic) bond motifs is 1. The van der Waals surface area contributed by atoms with E-state index in [-0.39, 0.29) is 42.8 Å². The van der Waals surface area contributed by atoms with Gasteiger partial charge in [-0.1, -0.05) is 25.5 Å². The maximum atomic E-state index is 13.7. The largest absolute Gasteiger partial charge is 0.466 e. The van der Waals surface area contributed by atoms with Crippen molar-refractivity contribution in [3.05, 3.63) is 12.2 Å².